The van der Waals surface area contributed by atoms with Gasteiger partial charge in [0, 0.05) is 17.5 Å². The second-order valence-corrected chi connectivity index (χ2v) is 7.82. The van der Waals surface area contributed by atoms with Gasteiger partial charge in [-0.1, -0.05) is 24.3 Å². The molecule has 130 valence electrons. The summed E-state index contributed by atoms with van der Waals surface area (Å²) in [6.45, 7) is 4.14. The fourth-order valence-electron chi connectivity index (χ4n) is 4.05. The van der Waals surface area contributed by atoms with E-state index in [-0.39, 0.29) is 17.6 Å². The van der Waals surface area contributed by atoms with Crippen molar-refractivity contribution < 1.29 is 9.53 Å². The zero-order chi connectivity index (χ0) is 17.4. The van der Waals surface area contributed by atoms with Gasteiger partial charge >= 0.3 is 0 Å². The van der Waals surface area contributed by atoms with Crippen LogP contribution in [0.5, 0.6) is 5.75 Å². The molecule has 1 amide bonds. The van der Waals surface area contributed by atoms with E-state index in [9.17, 15) is 4.79 Å². The average Bonchev–Trinajstić information content (AvgIpc) is 2.60. The minimum Gasteiger partial charge on any atom is -0.487 e. The predicted molar refractivity (Wildman–Crippen MR) is 99.1 cm³/mol. The van der Waals surface area contributed by atoms with Crippen molar-refractivity contribution in [3.63, 3.8) is 0 Å². The van der Waals surface area contributed by atoms with E-state index >= 15 is 0 Å². The average molecular weight is 335 g/mol. The lowest BCUT2D eigenvalue weighted by Gasteiger charge is -2.37. The van der Waals surface area contributed by atoms with Crippen LogP contribution in [0.3, 0.4) is 0 Å². The van der Waals surface area contributed by atoms with E-state index in [1.54, 1.807) is 0 Å². The Balaban J connectivity index is 1.58. The number of hydrogen-bond donors (Lipinski definition) is 1. The van der Waals surface area contributed by atoms with Crippen molar-refractivity contribution in [2.45, 2.75) is 57.6 Å². The van der Waals surface area contributed by atoms with Crippen LogP contribution >= 0.6 is 0 Å². The van der Waals surface area contributed by atoms with E-state index < -0.39 is 0 Å². The summed E-state index contributed by atoms with van der Waals surface area (Å²) in [7, 11) is 0. The van der Waals surface area contributed by atoms with E-state index in [1.165, 1.54) is 24.0 Å². The Kier molecular flexibility index (Phi) is 4.03. The summed E-state index contributed by atoms with van der Waals surface area (Å²) in [6.07, 6.45) is 5.47. The van der Waals surface area contributed by atoms with Gasteiger partial charge in [-0.2, -0.15) is 0 Å². The first kappa shape index (κ1) is 16.2. The van der Waals surface area contributed by atoms with Crippen LogP contribution < -0.4 is 10.1 Å². The molecule has 1 unspecified atom stereocenters. The Morgan fingerprint density at radius 3 is 2.68 bits per heavy atom. The number of carbonyl (C=O) groups excluding carboxylic acids is 1. The maximum absolute atomic E-state index is 12.9. The fourth-order valence-corrected chi connectivity index (χ4v) is 4.05. The van der Waals surface area contributed by atoms with Crippen LogP contribution in [0.4, 0.5) is 0 Å². The summed E-state index contributed by atoms with van der Waals surface area (Å²) in [6, 6.07) is 14.2. The third-order valence-corrected chi connectivity index (χ3v) is 5.29. The first-order chi connectivity index (χ1) is 12.0. The molecule has 1 atom stereocenters. The Hall–Kier alpha value is -2.29. The zero-order valence-electron chi connectivity index (χ0n) is 15.0. The number of benzene rings is 2. The number of rotatable bonds is 2. The molecule has 1 aliphatic carbocycles. The highest BCUT2D eigenvalue weighted by Gasteiger charge is 2.34. The van der Waals surface area contributed by atoms with E-state index in [2.05, 4.69) is 31.3 Å². The highest BCUT2D eigenvalue weighted by atomic mass is 16.5. The molecule has 0 radical (unpaired) electrons. The van der Waals surface area contributed by atoms with Gasteiger partial charge in [0.05, 0.1) is 6.04 Å². The van der Waals surface area contributed by atoms with Crippen LogP contribution in [0.15, 0.2) is 42.5 Å². The van der Waals surface area contributed by atoms with Crippen LogP contribution in [-0.4, -0.2) is 11.5 Å². The summed E-state index contributed by atoms with van der Waals surface area (Å²) in [5, 5.41) is 3.23. The second kappa shape index (κ2) is 6.21. The van der Waals surface area contributed by atoms with E-state index in [4.69, 9.17) is 4.74 Å². The summed E-state index contributed by atoms with van der Waals surface area (Å²) in [5.74, 6) is 0.875. The number of nitrogens with one attached hydrogen (secondary N) is 1. The molecule has 2 aromatic carbocycles. The van der Waals surface area contributed by atoms with Crippen LogP contribution in [0.1, 0.15) is 66.2 Å². The van der Waals surface area contributed by atoms with Crippen LogP contribution in [0.25, 0.3) is 0 Å². The summed E-state index contributed by atoms with van der Waals surface area (Å²) < 4.78 is 6.06. The van der Waals surface area contributed by atoms with Gasteiger partial charge < -0.3 is 10.1 Å². The van der Waals surface area contributed by atoms with Crippen molar-refractivity contribution in [1.29, 1.82) is 0 Å². The van der Waals surface area contributed by atoms with Gasteiger partial charge in [-0.15, -0.1) is 0 Å². The Bertz CT molecular complexity index is 809. The minimum absolute atomic E-state index is 0.00544. The standard InChI is InChI=1S/C22H25NO2/c1-22(2)14-19(18-9-5-6-10-20(18)25-22)23-21(24)17-12-11-15-7-3-4-8-16(15)13-17/h5-6,9-13,19H,3-4,7-8,14H2,1-2H3,(H,23,24). The SMILES string of the molecule is CC1(C)CC(NC(=O)c2ccc3c(c2)CCCC3)c2ccccc2O1. The summed E-state index contributed by atoms with van der Waals surface area (Å²) in [5.41, 5.74) is 4.28. The van der Waals surface area contributed by atoms with Gasteiger partial charge in [-0.05, 0) is 68.9 Å². The number of fused-ring (bicyclic) bond motifs is 2. The molecule has 3 nitrogen and oxygen atoms in total. The minimum atomic E-state index is -0.290. The van der Waals surface area contributed by atoms with Gasteiger partial charge in [0.15, 0.2) is 0 Å². The van der Waals surface area contributed by atoms with Crippen LogP contribution in [0.2, 0.25) is 0 Å². The maximum Gasteiger partial charge on any atom is 0.251 e. The molecule has 2 aliphatic rings. The normalized spacial score (nSPS) is 20.8. The molecule has 1 heterocycles. The monoisotopic (exact) mass is 335 g/mol. The van der Waals surface area contributed by atoms with Crippen molar-refractivity contribution in [1.82, 2.24) is 5.32 Å². The van der Waals surface area contributed by atoms with Crippen molar-refractivity contribution in [3.05, 3.63) is 64.7 Å². The van der Waals surface area contributed by atoms with Crippen molar-refractivity contribution >= 4 is 5.91 Å². The Morgan fingerprint density at radius 1 is 1.08 bits per heavy atom. The quantitative estimate of drug-likeness (QED) is 0.871. The number of carbonyl (C=O) groups is 1. The van der Waals surface area contributed by atoms with Crippen LogP contribution in [-0.2, 0) is 12.8 Å². The molecular formula is C22H25NO2. The lowest BCUT2D eigenvalue weighted by Crippen LogP contribution is -2.41. The first-order valence-corrected chi connectivity index (χ1v) is 9.22. The summed E-state index contributed by atoms with van der Waals surface area (Å²) >= 11 is 0. The molecule has 0 saturated carbocycles. The largest absolute Gasteiger partial charge is 0.487 e. The number of amides is 1. The molecular weight excluding hydrogens is 310 g/mol. The molecule has 0 aromatic heterocycles. The van der Waals surface area contributed by atoms with Crippen molar-refractivity contribution in [2.24, 2.45) is 0 Å². The molecule has 0 bridgehead atoms. The van der Waals surface area contributed by atoms with Gasteiger partial charge in [-0.25, -0.2) is 0 Å². The van der Waals surface area contributed by atoms with E-state index in [0.717, 1.165) is 36.1 Å². The van der Waals surface area contributed by atoms with E-state index in [1.807, 2.05) is 30.3 Å². The molecule has 2 aromatic rings. The molecule has 0 spiro atoms. The lowest BCUT2D eigenvalue weighted by atomic mass is 9.88. The molecule has 1 aliphatic heterocycles. The molecule has 25 heavy (non-hydrogen) atoms. The van der Waals surface area contributed by atoms with E-state index in [0.29, 0.717) is 0 Å². The van der Waals surface area contributed by atoms with Gasteiger partial charge in [0.25, 0.3) is 5.91 Å². The zero-order valence-corrected chi connectivity index (χ0v) is 15.0. The predicted octanol–water partition coefficient (Wildman–Crippen LogP) is 4.60. The Labute approximate surface area is 149 Å². The van der Waals surface area contributed by atoms with Gasteiger partial charge in [0.2, 0.25) is 0 Å². The smallest absolute Gasteiger partial charge is 0.251 e. The molecule has 4 rings (SSSR count). The Morgan fingerprint density at radius 2 is 1.84 bits per heavy atom. The number of aryl methyl sites for hydroxylation is 2. The second-order valence-electron chi connectivity index (χ2n) is 7.82. The molecule has 3 heteroatoms. The number of para-hydroxylation sites is 1. The highest BCUT2D eigenvalue weighted by Crippen LogP contribution is 2.39. The van der Waals surface area contributed by atoms with Crippen molar-refractivity contribution in [2.75, 3.05) is 0 Å². The highest BCUT2D eigenvalue weighted by molar-refractivity contribution is 5.94. The third kappa shape index (κ3) is 3.28. The van der Waals surface area contributed by atoms with Crippen LogP contribution in [0, 0.1) is 0 Å². The van der Waals surface area contributed by atoms with Gasteiger partial charge in [0.1, 0.15) is 11.4 Å². The first-order valence-electron chi connectivity index (χ1n) is 9.22. The lowest BCUT2D eigenvalue weighted by molar-refractivity contribution is 0.0619. The maximum atomic E-state index is 12.9. The topological polar surface area (TPSA) is 38.3 Å². The molecule has 0 saturated heterocycles. The number of hydrogen-bond acceptors (Lipinski definition) is 2. The third-order valence-electron chi connectivity index (χ3n) is 5.29. The summed E-state index contributed by atoms with van der Waals surface area (Å²) in [4.78, 5) is 12.9. The fraction of sp³-hybridized carbons (Fsp3) is 0.409. The molecule has 1 N–H and O–H groups in total. The molecule has 0 fully saturated rings. The van der Waals surface area contributed by atoms with Gasteiger partial charge in [-0.3, -0.25) is 4.79 Å². The number of ether oxygens (including phenoxy) is 1. The van der Waals surface area contributed by atoms with Crippen molar-refractivity contribution in [3.8, 4) is 5.75 Å².